The van der Waals surface area contributed by atoms with Crippen LogP contribution in [0.3, 0.4) is 0 Å². The van der Waals surface area contributed by atoms with E-state index < -0.39 is 41.6 Å². The van der Waals surface area contributed by atoms with E-state index in [2.05, 4.69) is 20.7 Å². The van der Waals surface area contributed by atoms with Crippen LogP contribution in [0.2, 0.25) is 0 Å². The Kier molecular flexibility index (Phi) is 7.99. The second kappa shape index (κ2) is 10.2. The maximum Gasteiger partial charge on any atom is 0.326 e. The number of hydrogen-bond donors (Lipinski definition) is 6. The van der Waals surface area contributed by atoms with Crippen molar-refractivity contribution in [3.05, 3.63) is 24.3 Å². The van der Waals surface area contributed by atoms with Crippen LogP contribution in [0.5, 0.6) is 5.75 Å². The van der Waals surface area contributed by atoms with Crippen LogP contribution in [0.4, 0.5) is 15.3 Å². The second-order valence-electron chi connectivity index (χ2n) is 6.03. The zero-order chi connectivity index (χ0) is 20.7. The van der Waals surface area contributed by atoms with Crippen molar-refractivity contribution in [3.63, 3.8) is 0 Å². The average Bonchev–Trinajstić information content (AvgIpc) is 2.64. The zero-order valence-electron chi connectivity index (χ0n) is 15.4. The monoisotopic (exact) mass is 416 g/mol. The Morgan fingerprint density at radius 1 is 1.25 bits per heavy atom. The Morgan fingerprint density at radius 3 is 2.54 bits per heavy atom. The predicted octanol–water partition coefficient (Wildman–Crippen LogP) is -0.754. The lowest BCUT2D eigenvalue weighted by Crippen LogP contribution is -2.54. The molecule has 156 valence electrons. The molecule has 0 aliphatic carbocycles. The molecular formula is C16H24N4O7S. The number of benzene rings is 1. The molecule has 12 heteroatoms. The van der Waals surface area contributed by atoms with Crippen LogP contribution in [0.25, 0.3) is 0 Å². The van der Waals surface area contributed by atoms with Gasteiger partial charge in [0.05, 0.1) is 12.2 Å². The maximum absolute atomic E-state index is 11.5. The van der Waals surface area contributed by atoms with E-state index >= 15 is 0 Å². The second-order valence-corrected chi connectivity index (χ2v) is 7.15. The lowest BCUT2D eigenvalue weighted by molar-refractivity contribution is -0.233. The molecule has 0 bridgehead atoms. The highest BCUT2D eigenvalue weighted by Gasteiger charge is 2.38. The van der Waals surface area contributed by atoms with Crippen molar-refractivity contribution >= 4 is 28.7 Å². The summed E-state index contributed by atoms with van der Waals surface area (Å²) >= 11 is 0. The summed E-state index contributed by atoms with van der Waals surface area (Å²) in [6.45, 7) is 0.0294. The molecular weight excluding hydrogens is 392 g/mol. The fourth-order valence-corrected chi connectivity index (χ4v) is 2.80. The molecule has 28 heavy (non-hydrogen) atoms. The van der Waals surface area contributed by atoms with Crippen molar-refractivity contribution in [1.82, 2.24) is 15.4 Å². The topological polar surface area (TPSA) is 158 Å². The summed E-state index contributed by atoms with van der Waals surface area (Å²) in [5, 5.41) is 27.6. The molecule has 1 aromatic rings. The molecule has 0 aromatic heterocycles. The summed E-state index contributed by atoms with van der Waals surface area (Å²) in [5.41, 5.74) is 0.540. The van der Waals surface area contributed by atoms with E-state index in [1.807, 2.05) is 0 Å². The summed E-state index contributed by atoms with van der Waals surface area (Å²) in [6.07, 6.45) is -2.76. The molecule has 1 aliphatic heterocycles. The van der Waals surface area contributed by atoms with Gasteiger partial charge in [0.25, 0.3) is 0 Å². The molecule has 0 spiro atoms. The highest BCUT2D eigenvalue weighted by molar-refractivity contribution is 7.82. The fourth-order valence-electron chi connectivity index (χ4n) is 2.46. The Bertz CT molecular complexity index is 703. The van der Waals surface area contributed by atoms with Crippen LogP contribution in [-0.2, 0) is 15.7 Å². The van der Waals surface area contributed by atoms with Crippen LogP contribution in [0.1, 0.15) is 6.42 Å². The van der Waals surface area contributed by atoms with Crippen LogP contribution >= 0.6 is 0 Å². The average molecular weight is 416 g/mol. The first kappa shape index (κ1) is 21.9. The third kappa shape index (κ3) is 6.64. The quantitative estimate of drug-likeness (QED) is 0.356. The molecule has 1 fully saturated rings. The van der Waals surface area contributed by atoms with E-state index in [0.29, 0.717) is 11.4 Å². The van der Waals surface area contributed by atoms with Gasteiger partial charge in [0.1, 0.15) is 22.8 Å². The summed E-state index contributed by atoms with van der Waals surface area (Å²) in [4.78, 5) is 22.8. The van der Waals surface area contributed by atoms with Gasteiger partial charge in [0.2, 0.25) is 6.29 Å². The third-order valence-corrected chi connectivity index (χ3v) is 4.30. The van der Waals surface area contributed by atoms with E-state index in [4.69, 9.17) is 9.47 Å². The number of hydrogen-bond acceptors (Lipinski definition) is 7. The van der Waals surface area contributed by atoms with Gasteiger partial charge in [-0.25, -0.2) is 13.8 Å². The van der Waals surface area contributed by atoms with Crippen molar-refractivity contribution in [2.45, 2.75) is 31.0 Å². The number of amides is 4. The molecule has 0 saturated carbocycles. The van der Waals surface area contributed by atoms with Gasteiger partial charge in [-0.1, -0.05) is 0 Å². The van der Waals surface area contributed by atoms with Crippen LogP contribution in [-0.4, -0.2) is 70.9 Å². The highest BCUT2D eigenvalue weighted by atomic mass is 32.2. The van der Waals surface area contributed by atoms with Gasteiger partial charge in [-0.15, -0.1) is 0 Å². The lowest BCUT2D eigenvalue weighted by Gasteiger charge is -2.36. The molecule has 11 nitrogen and oxygen atoms in total. The van der Waals surface area contributed by atoms with Gasteiger partial charge in [-0.2, -0.15) is 0 Å². The first-order valence-electron chi connectivity index (χ1n) is 8.43. The molecule has 6 N–H and O–H groups in total. The first-order chi connectivity index (χ1) is 13.3. The minimum absolute atomic E-state index is 0.0294. The van der Waals surface area contributed by atoms with Gasteiger partial charge < -0.3 is 35.6 Å². The van der Waals surface area contributed by atoms with Crippen LogP contribution < -0.4 is 25.4 Å². The van der Waals surface area contributed by atoms with Crippen molar-refractivity contribution < 1.29 is 33.5 Å². The Morgan fingerprint density at radius 2 is 1.93 bits per heavy atom. The molecule has 4 amide bonds. The number of aliphatic hydroxyl groups is 2. The summed E-state index contributed by atoms with van der Waals surface area (Å²) < 4.78 is 24.3. The minimum Gasteiger partial charge on any atom is -0.462 e. The molecule has 0 radical (unpaired) electrons. The maximum atomic E-state index is 11.5. The normalized spacial score (nSPS) is 25.3. The number of urea groups is 2. The smallest absolute Gasteiger partial charge is 0.326 e. The van der Waals surface area contributed by atoms with E-state index in [0.717, 1.165) is 0 Å². The number of ether oxygens (including phenoxy) is 2. The SMILES string of the molecule is CNC(=O)Nc1ccc(OC2O[C@H](CNC(=O)NS(C)=O)C[C@H](O)[C@@H]2O)cc1. The summed E-state index contributed by atoms with van der Waals surface area (Å²) in [7, 11) is -0.00550. The molecule has 5 atom stereocenters. The fraction of sp³-hybridized carbons (Fsp3) is 0.500. The van der Waals surface area contributed by atoms with Crippen LogP contribution in [0, 0.1) is 0 Å². The van der Waals surface area contributed by atoms with E-state index in [9.17, 15) is 24.0 Å². The highest BCUT2D eigenvalue weighted by Crippen LogP contribution is 2.24. The van der Waals surface area contributed by atoms with Gasteiger partial charge in [0, 0.05) is 32.0 Å². The van der Waals surface area contributed by atoms with E-state index in [1.165, 1.54) is 13.3 Å². The van der Waals surface area contributed by atoms with E-state index in [-0.39, 0.29) is 19.0 Å². The number of carbonyl (C=O) groups excluding carboxylic acids is 2. The number of anilines is 1. The van der Waals surface area contributed by atoms with Gasteiger partial charge >= 0.3 is 12.1 Å². The number of carbonyl (C=O) groups is 2. The van der Waals surface area contributed by atoms with Crippen molar-refractivity contribution in [3.8, 4) is 5.75 Å². The molecule has 1 aromatic carbocycles. The third-order valence-electron chi connectivity index (χ3n) is 3.82. The Hall–Kier alpha value is -2.41. The standard InChI is InChI=1S/C16H24N4O7S/c1-17-15(23)19-9-3-5-10(6-4-9)26-14-13(22)12(21)7-11(27-14)8-18-16(24)20-28(2)25/h3-6,11-14,21-22H,7-8H2,1-2H3,(H2,17,19,23)(H2,18,20,24)/t11-,12-,13-,14?,28?/m0/s1. The molecule has 2 rings (SSSR count). The number of rotatable bonds is 6. The molecule has 2 unspecified atom stereocenters. The Balaban J connectivity index is 1.92. The van der Waals surface area contributed by atoms with E-state index in [1.54, 1.807) is 24.3 Å². The lowest BCUT2D eigenvalue weighted by atomic mass is 10.0. The first-order valence-corrected chi connectivity index (χ1v) is 9.99. The summed E-state index contributed by atoms with van der Waals surface area (Å²) in [6, 6.07) is 5.34. The zero-order valence-corrected chi connectivity index (χ0v) is 16.2. The number of aliphatic hydroxyl groups excluding tert-OH is 2. The molecule has 1 aliphatic rings. The Labute approximate surface area is 164 Å². The van der Waals surface area contributed by atoms with Crippen molar-refractivity contribution in [2.75, 3.05) is 25.2 Å². The van der Waals surface area contributed by atoms with Gasteiger partial charge in [0.15, 0.2) is 0 Å². The van der Waals surface area contributed by atoms with Crippen LogP contribution in [0.15, 0.2) is 24.3 Å². The predicted molar refractivity (Wildman–Crippen MR) is 101 cm³/mol. The number of nitrogens with one attached hydrogen (secondary N) is 4. The summed E-state index contributed by atoms with van der Waals surface area (Å²) in [5.74, 6) is 0.353. The molecule has 1 heterocycles. The minimum atomic E-state index is -1.50. The largest absolute Gasteiger partial charge is 0.462 e. The van der Waals surface area contributed by atoms with Crippen molar-refractivity contribution in [1.29, 1.82) is 0 Å². The van der Waals surface area contributed by atoms with Crippen molar-refractivity contribution in [2.24, 2.45) is 0 Å². The molecule has 1 saturated heterocycles. The van der Waals surface area contributed by atoms with Gasteiger partial charge in [-0.05, 0) is 24.3 Å². The van der Waals surface area contributed by atoms with Gasteiger partial charge in [-0.3, -0.25) is 4.72 Å².